The van der Waals surface area contributed by atoms with Gasteiger partial charge in [-0.15, -0.1) is 6.58 Å². The first-order valence-electron chi connectivity index (χ1n) is 7.50. The van der Waals surface area contributed by atoms with Crippen molar-refractivity contribution in [2.24, 2.45) is 16.7 Å². The van der Waals surface area contributed by atoms with Gasteiger partial charge in [-0.1, -0.05) is 19.9 Å². The predicted molar refractivity (Wildman–Crippen MR) is 79.0 cm³/mol. The Bertz CT molecular complexity index is 582. The second kappa shape index (κ2) is 4.56. The number of nitrogens with zero attached hydrogens (tertiary/aromatic N) is 1. The fourth-order valence-corrected chi connectivity index (χ4v) is 7.45. The second-order valence-corrected chi connectivity index (χ2v) is 8.96. The molecular weight excluding hydrogens is 290 g/mol. The van der Waals surface area contributed by atoms with E-state index in [9.17, 15) is 13.2 Å². The first kappa shape index (κ1) is 15.0. The smallest absolute Gasteiger partial charge is 0.262 e. The molecule has 1 saturated heterocycles. The Kier molecular flexibility index (Phi) is 3.26. The molecule has 6 heteroatoms. The predicted octanol–water partition coefficient (Wildman–Crippen LogP) is 1.56. The maximum absolute atomic E-state index is 12.5. The molecule has 21 heavy (non-hydrogen) atoms. The molecule has 0 aromatic carbocycles. The van der Waals surface area contributed by atoms with Crippen LogP contribution in [-0.4, -0.2) is 43.6 Å². The third-order valence-electron chi connectivity index (χ3n) is 6.12. The average Bonchev–Trinajstić information content (AvgIpc) is 2.85. The Labute approximate surface area is 126 Å². The van der Waals surface area contributed by atoms with Crippen LogP contribution in [-0.2, 0) is 19.6 Å². The molecule has 1 amide bonds. The summed E-state index contributed by atoms with van der Waals surface area (Å²) < 4.78 is 31.4. The van der Waals surface area contributed by atoms with E-state index in [4.69, 9.17) is 4.74 Å². The third-order valence-corrected chi connectivity index (χ3v) is 8.06. The third kappa shape index (κ3) is 1.84. The van der Waals surface area contributed by atoms with Gasteiger partial charge in [0.25, 0.3) is 5.91 Å². The van der Waals surface area contributed by atoms with Crippen LogP contribution in [0.5, 0.6) is 0 Å². The largest absolute Gasteiger partial charge is 0.368 e. The van der Waals surface area contributed by atoms with Gasteiger partial charge in [0.15, 0.2) is 0 Å². The zero-order valence-electron chi connectivity index (χ0n) is 12.7. The molecule has 2 aliphatic carbocycles. The van der Waals surface area contributed by atoms with E-state index in [0.29, 0.717) is 5.92 Å². The van der Waals surface area contributed by atoms with Gasteiger partial charge in [0.2, 0.25) is 10.0 Å². The second-order valence-electron chi connectivity index (χ2n) is 7.11. The van der Waals surface area contributed by atoms with Crippen LogP contribution < -0.4 is 0 Å². The maximum Gasteiger partial charge on any atom is 0.262 e. The minimum absolute atomic E-state index is 0.0122. The molecule has 2 bridgehead atoms. The molecule has 0 N–H and O–H groups in total. The van der Waals surface area contributed by atoms with E-state index in [1.54, 1.807) is 6.08 Å². The number of amides is 1. The topological polar surface area (TPSA) is 63.7 Å². The van der Waals surface area contributed by atoms with Gasteiger partial charge in [-0.05, 0) is 30.6 Å². The molecule has 0 radical (unpaired) electrons. The van der Waals surface area contributed by atoms with Crippen LogP contribution in [0.3, 0.4) is 0 Å². The highest BCUT2D eigenvalue weighted by atomic mass is 32.2. The summed E-state index contributed by atoms with van der Waals surface area (Å²) in [5, 5.41) is 0. The molecule has 1 heterocycles. The van der Waals surface area contributed by atoms with Crippen LogP contribution in [0.15, 0.2) is 12.7 Å². The van der Waals surface area contributed by atoms with Gasteiger partial charge in [0, 0.05) is 5.41 Å². The van der Waals surface area contributed by atoms with Crippen LogP contribution in [0.4, 0.5) is 0 Å². The summed E-state index contributed by atoms with van der Waals surface area (Å²) in [4.78, 5) is 12.3. The van der Waals surface area contributed by atoms with E-state index in [2.05, 4.69) is 20.4 Å². The zero-order chi connectivity index (χ0) is 15.5. The summed E-state index contributed by atoms with van der Waals surface area (Å²) in [7, 11) is -3.52. The molecule has 0 unspecified atom stereocenters. The lowest BCUT2D eigenvalue weighted by atomic mass is 9.69. The maximum atomic E-state index is 12.5. The number of rotatable bonds is 4. The molecule has 3 aliphatic rings. The first-order valence-corrected chi connectivity index (χ1v) is 9.11. The average molecular weight is 313 g/mol. The number of hydrogen-bond acceptors (Lipinski definition) is 4. The fourth-order valence-electron chi connectivity index (χ4n) is 4.91. The Morgan fingerprint density at radius 3 is 2.81 bits per heavy atom. The van der Waals surface area contributed by atoms with Crippen LogP contribution >= 0.6 is 0 Å². The SMILES string of the molecule is C=CCOCC(=O)N1[C@@H]2C[C@H]3CC[C@]2(CS1(=O)=O)C3(C)C. The van der Waals surface area contributed by atoms with E-state index < -0.39 is 15.9 Å². The van der Waals surface area contributed by atoms with Crippen molar-refractivity contribution in [3.63, 3.8) is 0 Å². The molecule has 1 aliphatic heterocycles. The number of ether oxygens (including phenoxy) is 1. The number of sulfonamides is 1. The molecule has 3 rings (SSSR count). The van der Waals surface area contributed by atoms with Gasteiger partial charge in [0.1, 0.15) is 6.61 Å². The van der Waals surface area contributed by atoms with E-state index in [0.717, 1.165) is 23.6 Å². The van der Waals surface area contributed by atoms with Crippen LogP contribution in [0, 0.1) is 16.7 Å². The molecule has 118 valence electrons. The molecular formula is C15H23NO4S. The van der Waals surface area contributed by atoms with Crippen LogP contribution in [0.25, 0.3) is 0 Å². The van der Waals surface area contributed by atoms with Crippen LogP contribution in [0.1, 0.15) is 33.1 Å². The highest BCUT2D eigenvalue weighted by molar-refractivity contribution is 7.90. The summed E-state index contributed by atoms with van der Waals surface area (Å²) in [6.45, 7) is 7.92. The van der Waals surface area contributed by atoms with Gasteiger partial charge in [0.05, 0.1) is 18.4 Å². The lowest BCUT2D eigenvalue weighted by Gasteiger charge is -2.37. The number of fused-ring (bicyclic) bond motifs is 1. The van der Waals surface area contributed by atoms with Crippen molar-refractivity contribution < 1.29 is 17.9 Å². The first-order chi connectivity index (χ1) is 9.76. The van der Waals surface area contributed by atoms with E-state index in [-0.39, 0.29) is 35.8 Å². The van der Waals surface area contributed by atoms with Gasteiger partial charge >= 0.3 is 0 Å². The molecule has 2 saturated carbocycles. The summed E-state index contributed by atoms with van der Waals surface area (Å²) in [6.07, 6.45) is 4.34. The fraction of sp³-hybridized carbons (Fsp3) is 0.800. The molecule has 0 aromatic heterocycles. The van der Waals surface area contributed by atoms with E-state index in [1.165, 1.54) is 0 Å². The number of carbonyl (C=O) groups is 1. The Morgan fingerprint density at radius 2 is 2.19 bits per heavy atom. The standard InChI is InChI=1S/C15H23NO4S/c1-4-7-20-9-13(17)16-12-8-11-5-6-15(12,14(11,2)3)10-21(16,18)19/h4,11-12H,1,5-10H2,2-3H3/t11-,12-,15-/m1/s1. The van der Waals surface area contributed by atoms with E-state index in [1.807, 2.05) is 0 Å². The number of hydrogen-bond donors (Lipinski definition) is 0. The summed E-state index contributed by atoms with van der Waals surface area (Å²) in [6, 6.07) is -0.170. The van der Waals surface area contributed by atoms with Crippen molar-refractivity contribution >= 4 is 15.9 Å². The summed E-state index contributed by atoms with van der Waals surface area (Å²) in [5.74, 6) is 0.200. The monoisotopic (exact) mass is 313 g/mol. The molecule has 3 atom stereocenters. The minimum atomic E-state index is -3.52. The quantitative estimate of drug-likeness (QED) is 0.583. The highest BCUT2D eigenvalue weighted by Crippen LogP contribution is 2.69. The van der Waals surface area contributed by atoms with Crippen molar-refractivity contribution in [2.45, 2.75) is 39.2 Å². The molecule has 3 fully saturated rings. The highest BCUT2D eigenvalue weighted by Gasteiger charge is 2.72. The normalized spacial score (nSPS) is 38.5. The Balaban J connectivity index is 1.89. The molecule has 5 nitrogen and oxygen atoms in total. The van der Waals surface area contributed by atoms with Gasteiger partial charge in [-0.3, -0.25) is 4.79 Å². The summed E-state index contributed by atoms with van der Waals surface area (Å²) >= 11 is 0. The van der Waals surface area contributed by atoms with Crippen molar-refractivity contribution in [3.8, 4) is 0 Å². The summed E-state index contributed by atoms with van der Waals surface area (Å²) in [5.41, 5.74) is -0.271. The lowest BCUT2D eigenvalue weighted by molar-refractivity contribution is -0.133. The zero-order valence-corrected chi connectivity index (χ0v) is 13.5. The lowest BCUT2D eigenvalue weighted by Crippen LogP contribution is -2.45. The van der Waals surface area contributed by atoms with Gasteiger partial charge < -0.3 is 4.74 Å². The number of carbonyl (C=O) groups excluding carboxylic acids is 1. The Hall–Kier alpha value is -0.880. The van der Waals surface area contributed by atoms with Crippen molar-refractivity contribution in [1.29, 1.82) is 0 Å². The van der Waals surface area contributed by atoms with Crippen molar-refractivity contribution in [2.75, 3.05) is 19.0 Å². The van der Waals surface area contributed by atoms with Gasteiger partial charge in [-0.2, -0.15) is 0 Å². The van der Waals surface area contributed by atoms with Gasteiger partial charge in [-0.25, -0.2) is 12.7 Å². The minimum Gasteiger partial charge on any atom is -0.368 e. The molecule has 1 spiro atoms. The Morgan fingerprint density at radius 1 is 1.48 bits per heavy atom. The van der Waals surface area contributed by atoms with Crippen LogP contribution in [0.2, 0.25) is 0 Å². The van der Waals surface area contributed by atoms with Crippen molar-refractivity contribution in [3.05, 3.63) is 12.7 Å². The molecule has 0 aromatic rings. The van der Waals surface area contributed by atoms with Crippen molar-refractivity contribution in [1.82, 2.24) is 4.31 Å². The van der Waals surface area contributed by atoms with E-state index >= 15 is 0 Å².